The molecule has 3 nitrogen and oxygen atoms in total. The summed E-state index contributed by atoms with van der Waals surface area (Å²) in [7, 11) is 0. The predicted molar refractivity (Wildman–Crippen MR) is 73.2 cm³/mol. The Labute approximate surface area is 107 Å². The maximum atomic E-state index is 9.10. The summed E-state index contributed by atoms with van der Waals surface area (Å²) in [6.45, 7) is 11.7. The quantitative estimate of drug-likeness (QED) is 0.713. The van der Waals surface area contributed by atoms with Crippen molar-refractivity contribution in [3.63, 3.8) is 0 Å². The van der Waals surface area contributed by atoms with Crippen molar-refractivity contribution in [2.45, 2.75) is 46.1 Å². The van der Waals surface area contributed by atoms with E-state index in [1.807, 2.05) is 0 Å². The third-order valence-electron chi connectivity index (χ3n) is 3.50. The van der Waals surface area contributed by atoms with Crippen LogP contribution in [-0.4, -0.2) is 48.8 Å². The molecule has 0 aromatic carbocycles. The van der Waals surface area contributed by atoms with Crippen molar-refractivity contribution in [3.05, 3.63) is 0 Å². The van der Waals surface area contributed by atoms with Gasteiger partial charge in [-0.25, -0.2) is 0 Å². The molecule has 102 valence electrons. The summed E-state index contributed by atoms with van der Waals surface area (Å²) < 4.78 is 0. The van der Waals surface area contributed by atoms with E-state index < -0.39 is 0 Å². The first kappa shape index (κ1) is 14.9. The first-order valence-electron chi connectivity index (χ1n) is 7.22. The van der Waals surface area contributed by atoms with Crippen LogP contribution in [0.3, 0.4) is 0 Å². The highest BCUT2D eigenvalue weighted by atomic mass is 16.3. The number of nitrogens with zero attached hydrogens (tertiary/aromatic N) is 1. The summed E-state index contributed by atoms with van der Waals surface area (Å²) in [5.41, 5.74) is 0. The van der Waals surface area contributed by atoms with Crippen molar-refractivity contribution < 1.29 is 5.11 Å². The maximum Gasteiger partial charge on any atom is 0.0434 e. The summed E-state index contributed by atoms with van der Waals surface area (Å²) >= 11 is 0. The van der Waals surface area contributed by atoms with Crippen LogP contribution in [-0.2, 0) is 0 Å². The van der Waals surface area contributed by atoms with Crippen LogP contribution < -0.4 is 5.32 Å². The van der Waals surface area contributed by atoms with Crippen molar-refractivity contribution in [1.29, 1.82) is 0 Å². The van der Waals surface area contributed by atoms with E-state index in [0.29, 0.717) is 24.5 Å². The van der Waals surface area contributed by atoms with Crippen molar-refractivity contribution in [2.75, 3.05) is 32.8 Å². The second kappa shape index (κ2) is 8.06. The Hall–Kier alpha value is -0.120. The third-order valence-corrected chi connectivity index (χ3v) is 3.50. The van der Waals surface area contributed by atoms with Crippen molar-refractivity contribution in [1.82, 2.24) is 10.2 Å². The van der Waals surface area contributed by atoms with E-state index in [1.54, 1.807) is 0 Å². The van der Waals surface area contributed by atoms with Crippen molar-refractivity contribution >= 4 is 0 Å². The standard InChI is InChI=1S/C14H30N2O/c1-4-6-16-10-13(5-7-17)8-14(11-16)15-9-12(2)3/h12-15,17H,4-11H2,1-3H3. The van der Waals surface area contributed by atoms with Crippen LogP contribution in [0, 0.1) is 11.8 Å². The minimum absolute atomic E-state index is 0.335. The van der Waals surface area contributed by atoms with E-state index in [1.165, 1.54) is 32.5 Å². The molecule has 1 aliphatic heterocycles. The summed E-state index contributed by atoms with van der Waals surface area (Å²) in [6, 6.07) is 0.620. The van der Waals surface area contributed by atoms with E-state index in [0.717, 1.165) is 13.0 Å². The Balaban J connectivity index is 2.40. The molecule has 1 heterocycles. The summed E-state index contributed by atoms with van der Waals surface area (Å²) in [6.07, 6.45) is 3.41. The van der Waals surface area contributed by atoms with Crippen LogP contribution in [0.4, 0.5) is 0 Å². The zero-order chi connectivity index (χ0) is 12.7. The molecule has 0 bridgehead atoms. The van der Waals surface area contributed by atoms with Gasteiger partial charge in [0.25, 0.3) is 0 Å². The minimum Gasteiger partial charge on any atom is -0.396 e. The second-order valence-electron chi connectivity index (χ2n) is 5.87. The van der Waals surface area contributed by atoms with Gasteiger partial charge in [0.05, 0.1) is 0 Å². The molecule has 0 saturated carbocycles. The van der Waals surface area contributed by atoms with Gasteiger partial charge in [0.1, 0.15) is 0 Å². The van der Waals surface area contributed by atoms with E-state index >= 15 is 0 Å². The zero-order valence-electron chi connectivity index (χ0n) is 11.8. The zero-order valence-corrected chi connectivity index (χ0v) is 11.8. The van der Waals surface area contributed by atoms with Gasteiger partial charge in [0, 0.05) is 25.7 Å². The Bertz CT molecular complexity index is 183. The average Bonchev–Trinajstić information content (AvgIpc) is 2.27. The maximum absolute atomic E-state index is 9.10. The highest BCUT2D eigenvalue weighted by Crippen LogP contribution is 2.20. The number of nitrogens with one attached hydrogen (secondary N) is 1. The van der Waals surface area contributed by atoms with Crippen molar-refractivity contribution in [2.24, 2.45) is 11.8 Å². The minimum atomic E-state index is 0.335. The molecule has 0 spiro atoms. The predicted octanol–water partition coefficient (Wildman–Crippen LogP) is 1.71. The Morgan fingerprint density at radius 2 is 2.12 bits per heavy atom. The molecule has 0 aromatic heterocycles. The number of piperidine rings is 1. The molecule has 0 aromatic rings. The molecule has 1 rings (SSSR count). The topological polar surface area (TPSA) is 35.5 Å². The van der Waals surface area contributed by atoms with Gasteiger partial charge in [-0.15, -0.1) is 0 Å². The second-order valence-corrected chi connectivity index (χ2v) is 5.87. The van der Waals surface area contributed by atoms with Gasteiger partial charge in [-0.05, 0) is 44.2 Å². The van der Waals surface area contributed by atoms with Crippen LogP contribution >= 0.6 is 0 Å². The largest absolute Gasteiger partial charge is 0.396 e. The summed E-state index contributed by atoms with van der Waals surface area (Å²) in [4.78, 5) is 2.56. The highest BCUT2D eigenvalue weighted by molar-refractivity contribution is 4.83. The third kappa shape index (κ3) is 5.84. The number of aliphatic hydroxyl groups excluding tert-OH is 1. The first-order valence-corrected chi connectivity index (χ1v) is 7.22. The molecule has 0 radical (unpaired) electrons. The molecule has 1 aliphatic rings. The Morgan fingerprint density at radius 1 is 1.35 bits per heavy atom. The molecular formula is C14H30N2O. The first-order chi connectivity index (χ1) is 8.15. The van der Waals surface area contributed by atoms with E-state index in [9.17, 15) is 0 Å². The van der Waals surface area contributed by atoms with E-state index in [4.69, 9.17) is 5.11 Å². The Kier molecular flexibility index (Phi) is 7.09. The van der Waals surface area contributed by atoms with Gasteiger partial charge in [-0.3, -0.25) is 0 Å². The smallest absolute Gasteiger partial charge is 0.0434 e. The SMILES string of the molecule is CCCN1CC(CCO)CC(NCC(C)C)C1. The molecule has 1 saturated heterocycles. The van der Waals surface area contributed by atoms with Gasteiger partial charge in [0.15, 0.2) is 0 Å². The lowest BCUT2D eigenvalue weighted by Gasteiger charge is -2.38. The lowest BCUT2D eigenvalue weighted by Crippen LogP contribution is -2.50. The van der Waals surface area contributed by atoms with Crippen LogP contribution in [0.5, 0.6) is 0 Å². The monoisotopic (exact) mass is 242 g/mol. The average molecular weight is 242 g/mol. The van der Waals surface area contributed by atoms with Gasteiger partial charge in [-0.1, -0.05) is 20.8 Å². The van der Waals surface area contributed by atoms with Gasteiger partial charge < -0.3 is 15.3 Å². The number of hydrogen-bond donors (Lipinski definition) is 2. The fourth-order valence-corrected chi connectivity index (χ4v) is 2.74. The normalized spacial score (nSPS) is 26.6. The van der Waals surface area contributed by atoms with Crippen LogP contribution in [0.1, 0.15) is 40.0 Å². The van der Waals surface area contributed by atoms with E-state index in [-0.39, 0.29) is 0 Å². The van der Waals surface area contributed by atoms with Gasteiger partial charge in [-0.2, -0.15) is 0 Å². The van der Waals surface area contributed by atoms with Crippen LogP contribution in [0.15, 0.2) is 0 Å². The molecule has 2 N–H and O–H groups in total. The molecular weight excluding hydrogens is 212 g/mol. The molecule has 2 unspecified atom stereocenters. The molecule has 17 heavy (non-hydrogen) atoms. The van der Waals surface area contributed by atoms with Crippen LogP contribution in [0.2, 0.25) is 0 Å². The number of hydrogen-bond acceptors (Lipinski definition) is 3. The van der Waals surface area contributed by atoms with E-state index in [2.05, 4.69) is 31.0 Å². The Morgan fingerprint density at radius 3 is 2.71 bits per heavy atom. The number of aliphatic hydroxyl groups is 1. The highest BCUT2D eigenvalue weighted by Gasteiger charge is 2.26. The molecule has 1 fully saturated rings. The lowest BCUT2D eigenvalue weighted by atomic mass is 9.91. The fourth-order valence-electron chi connectivity index (χ4n) is 2.74. The summed E-state index contributed by atoms with van der Waals surface area (Å²) in [5.74, 6) is 1.39. The van der Waals surface area contributed by atoms with Gasteiger partial charge in [0.2, 0.25) is 0 Å². The molecule has 0 amide bonds. The fraction of sp³-hybridized carbons (Fsp3) is 1.00. The van der Waals surface area contributed by atoms with Gasteiger partial charge >= 0.3 is 0 Å². The summed E-state index contributed by atoms with van der Waals surface area (Å²) in [5, 5.41) is 12.8. The van der Waals surface area contributed by atoms with Crippen molar-refractivity contribution in [3.8, 4) is 0 Å². The molecule has 3 heteroatoms. The van der Waals surface area contributed by atoms with Crippen LogP contribution in [0.25, 0.3) is 0 Å². The molecule has 2 atom stereocenters. The number of likely N-dealkylation sites (tertiary alicyclic amines) is 1. The lowest BCUT2D eigenvalue weighted by molar-refractivity contribution is 0.120. The number of rotatable bonds is 7. The molecule has 0 aliphatic carbocycles.